The molecular weight excluding hydrogens is 380 g/mol. The molecule has 0 fully saturated rings. The van der Waals surface area contributed by atoms with Crippen LogP contribution in [-0.4, -0.2) is 35.7 Å². The summed E-state index contributed by atoms with van der Waals surface area (Å²) >= 11 is 0. The zero-order valence-corrected chi connectivity index (χ0v) is 15.2. The van der Waals surface area contributed by atoms with Gasteiger partial charge in [-0.15, -0.1) is 5.10 Å². The molecule has 0 aliphatic rings. The highest BCUT2D eigenvalue weighted by molar-refractivity contribution is 7.92. The van der Waals surface area contributed by atoms with Crippen LogP contribution < -0.4 is 9.46 Å². The quantitative estimate of drug-likeness (QED) is 0.688. The fraction of sp³-hybridized carbons (Fsp3) is 0.188. The molecule has 0 amide bonds. The minimum atomic E-state index is -4.37. The van der Waals surface area contributed by atoms with Crippen molar-refractivity contribution in [1.82, 2.24) is 20.2 Å². The number of aryl methyl sites for hydroxylation is 1. The van der Waals surface area contributed by atoms with E-state index in [-0.39, 0.29) is 10.6 Å². The van der Waals surface area contributed by atoms with Gasteiger partial charge in [-0.25, -0.2) is 21.9 Å². The average molecular weight is 395 g/mol. The molecule has 3 aromatic rings. The third-order valence-corrected chi connectivity index (χ3v) is 5.11. The second-order valence-electron chi connectivity index (χ2n) is 5.39. The maximum Gasteiger partial charge on any atom is 0.265 e. The molecule has 0 spiro atoms. The van der Waals surface area contributed by atoms with Crippen molar-refractivity contribution in [3.05, 3.63) is 48.0 Å². The van der Waals surface area contributed by atoms with E-state index >= 15 is 0 Å². The van der Waals surface area contributed by atoms with Crippen LogP contribution in [0.3, 0.4) is 0 Å². The van der Waals surface area contributed by atoms with Crippen molar-refractivity contribution in [1.29, 1.82) is 0 Å². The lowest BCUT2D eigenvalue weighted by Crippen LogP contribution is -2.16. The summed E-state index contributed by atoms with van der Waals surface area (Å²) in [6.07, 6.45) is 0. The van der Waals surface area contributed by atoms with Gasteiger partial charge in [0, 0.05) is 12.1 Å². The van der Waals surface area contributed by atoms with E-state index < -0.39 is 27.3 Å². The summed E-state index contributed by atoms with van der Waals surface area (Å²) in [6.45, 7) is 2.29. The smallest absolute Gasteiger partial charge is 0.265 e. The average Bonchev–Trinajstić information content (AvgIpc) is 3.13. The van der Waals surface area contributed by atoms with Crippen molar-refractivity contribution in [3.63, 3.8) is 0 Å². The number of nitrogens with one attached hydrogen (secondary N) is 1. The van der Waals surface area contributed by atoms with Gasteiger partial charge < -0.3 is 4.74 Å². The molecule has 3 rings (SSSR count). The molecule has 142 valence electrons. The Labute approximate surface area is 153 Å². The fourth-order valence-corrected chi connectivity index (χ4v) is 3.71. The highest BCUT2D eigenvalue weighted by Crippen LogP contribution is 2.31. The van der Waals surface area contributed by atoms with Crippen LogP contribution in [0.15, 0.2) is 41.3 Å². The first kappa shape index (κ1) is 18.7. The van der Waals surface area contributed by atoms with Gasteiger partial charge in [-0.05, 0) is 47.7 Å². The Balaban J connectivity index is 2.10. The molecule has 2 aromatic carbocycles. The molecule has 0 saturated carbocycles. The van der Waals surface area contributed by atoms with Gasteiger partial charge in [0.05, 0.1) is 7.11 Å². The molecule has 0 aliphatic heterocycles. The summed E-state index contributed by atoms with van der Waals surface area (Å²) < 4.78 is 61.8. The number of tetrazole rings is 1. The van der Waals surface area contributed by atoms with E-state index in [0.717, 1.165) is 18.2 Å². The summed E-state index contributed by atoms with van der Waals surface area (Å²) in [4.78, 5) is -0.309. The second kappa shape index (κ2) is 7.27. The zero-order chi connectivity index (χ0) is 19.6. The number of nitrogens with zero attached hydrogens (tertiary/aromatic N) is 4. The topological polar surface area (TPSA) is 99.0 Å². The second-order valence-corrected chi connectivity index (χ2v) is 7.04. The highest BCUT2D eigenvalue weighted by Gasteiger charge is 2.24. The van der Waals surface area contributed by atoms with Crippen molar-refractivity contribution in [2.75, 3.05) is 11.8 Å². The number of rotatable bonds is 6. The molecular formula is C16H15F2N5O3S. The molecule has 0 saturated heterocycles. The Morgan fingerprint density at radius 1 is 1.19 bits per heavy atom. The van der Waals surface area contributed by atoms with E-state index in [9.17, 15) is 17.2 Å². The molecule has 0 atom stereocenters. The Bertz CT molecular complexity index is 1070. The number of aromatic nitrogens is 4. The summed E-state index contributed by atoms with van der Waals surface area (Å²) in [5.74, 6) is -1.74. The van der Waals surface area contributed by atoms with Crippen molar-refractivity contribution in [2.45, 2.75) is 18.4 Å². The third-order valence-electron chi connectivity index (χ3n) is 3.74. The van der Waals surface area contributed by atoms with Crippen LogP contribution in [0.1, 0.15) is 6.92 Å². The van der Waals surface area contributed by atoms with Crippen molar-refractivity contribution in [3.8, 4) is 17.1 Å². The van der Waals surface area contributed by atoms with Gasteiger partial charge in [0.2, 0.25) is 0 Å². The van der Waals surface area contributed by atoms with E-state index in [1.807, 2.05) is 11.6 Å². The van der Waals surface area contributed by atoms with E-state index in [4.69, 9.17) is 4.74 Å². The van der Waals surface area contributed by atoms with Gasteiger partial charge in [-0.3, -0.25) is 4.72 Å². The number of hydrogen-bond acceptors (Lipinski definition) is 6. The molecule has 27 heavy (non-hydrogen) atoms. The van der Waals surface area contributed by atoms with Crippen LogP contribution in [0.25, 0.3) is 11.4 Å². The van der Waals surface area contributed by atoms with Crippen LogP contribution in [0, 0.1) is 11.6 Å². The lowest BCUT2D eigenvalue weighted by atomic mass is 10.2. The predicted molar refractivity (Wildman–Crippen MR) is 92.6 cm³/mol. The van der Waals surface area contributed by atoms with Crippen LogP contribution in [0.5, 0.6) is 5.75 Å². The van der Waals surface area contributed by atoms with Crippen LogP contribution in [-0.2, 0) is 16.6 Å². The standard InChI is InChI=1S/C16H15F2N5O3S/c1-3-23-16(19-21-22-23)10-7-8-13(26-2)14(9-10)27(24,25)20-15-11(17)5-4-6-12(15)18/h4-9,20H,3H2,1-2H3. The minimum Gasteiger partial charge on any atom is -0.495 e. The van der Waals surface area contributed by atoms with Crippen LogP contribution >= 0.6 is 0 Å². The van der Waals surface area contributed by atoms with Gasteiger partial charge in [-0.2, -0.15) is 0 Å². The number of hydrogen-bond donors (Lipinski definition) is 1. The summed E-state index contributed by atoms with van der Waals surface area (Å²) in [5, 5.41) is 11.2. The summed E-state index contributed by atoms with van der Waals surface area (Å²) in [5.41, 5.74) is -0.375. The molecule has 0 unspecified atom stereocenters. The first-order valence-corrected chi connectivity index (χ1v) is 9.27. The lowest BCUT2D eigenvalue weighted by Gasteiger charge is -2.14. The summed E-state index contributed by atoms with van der Waals surface area (Å²) in [6, 6.07) is 7.30. The largest absolute Gasteiger partial charge is 0.495 e. The maximum absolute atomic E-state index is 13.9. The lowest BCUT2D eigenvalue weighted by molar-refractivity contribution is 0.403. The fourth-order valence-electron chi connectivity index (χ4n) is 2.43. The number of sulfonamides is 1. The van der Waals surface area contributed by atoms with E-state index in [0.29, 0.717) is 17.9 Å². The Morgan fingerprint density at radius 2 is 1.89 bits per heavy atom. The molecule has 1 aromatic heterocycles. The zero-order valence-electron chi connectivity index (χ0n) is 14.3. The number of anilines is 1. The van der Waals surface area contributed by atoms with E-state index in [2.05, 4.69) is 15.5 Å². The molecule has 1 heterocycles. The van der Waals surface area contributed by atoms with E-state index in [1.165, 1.54) is 23.9 Å². The monoisotopic (exact) mass is 395 g/mol. The van der Waals surface area contributed by atoms with Gasteiger partial charge in [0.1, 0.15) is 28.0 Å². The van der Waals surface area contributed by atoms with Crippen molar-refractivity contribution >= 4 is 15.7 Å². The number of benzene rings is 2. The predicted octanol–water partition coefficient (Wildman–Crippen LogP) is 2.45. The van der Waals surface area contributed by atoms with Gasteiger partial charge in [-0.1, -0.05) is 6.07 Å². The van der Waals surface area contributed by atoms with Crippen molar-refractivity contribution < 1.29 is 21.9 Å². The van der Waals surface area contributed by atoms with Gasteiger partial charge >= 0.3 is 0 Å². The van der Waals surface area contributed by atoms with Crippen LogP contribution in [0.4, 0.5) is 14.5 Å². The SMILES string of the molecule is CCn1nnnc1-c1ccc(OC)c(S(=O)(=O)Nc2c(F)cccc2F)c1. The Morgan fingerprint density at radius 3 is 2.52 bits per heavy atom. The first-order valence-electron chi connectivity index (χ1n) is 7.78. The minimum absolute atomic E-state index is 0.00137. The third kappa shape index (κ3) is 3.58. The number of para-hydroxylation sites is 1. The van der Waals surface area contributed by atoms with E-state index in [1.54, 1.807) is 6.07 Å². The van der Waals surface area contributed by atoms with Gasteiger partial charge in [0.15, 0.2) is 5.82 Å². The highest BCUT2D eigenvalue weighted by atomic mass is 32.2. The number of methoxy groups -OCH3 is 1. The molecule has 0 bridgehead atoms. The molecule has 8 nitrogen and oxygen atoms in total. The Kier molecular flexibility index (Phi) is 5.04. The van der Waals surface area contributed by atoms with Crippen LogP contribution in [0.2, 0.25) is 0 Å². The maximum atomic E-state index is 13.9. The van der Waals surface area contributed by atoms with Crippen molar-refractivity contribution in [2.24, 2.45) is 0 Å². The summed E-state index contributed by atoms with van der Waals surface area (Å²) in [7, 11) is -3.08. The number of halogens is 2. The first-order chi connectivity index (χ1) is 12.9. The number of ether oxygens (including phenoxy) is 1. The molecule has 0 radical (unpaired) electrons. The molecule has 0 aliphatic carbocycles. The molecule has 11 heteroatoms. The normalized spacial score (nSPS) is 11.4. The Hall–Kier alpha value is -3.08. The molecule has 1 N–H and O–H groups in total. The van der Waals surface area contributed by atoms with Gasteiger partial charge in [0.25, 0.3) is 10.0 Å².